The Morgan fingerprint density at radius 2 is 1.77 bits per heavy atom. The van der Waals surface area contributed by atoms with Crippen LogP contribution in [0.15, 0.2) is 53.1 Å². The van der Waals surface area contributed by atoms with E-state index in [9.17, 15) is 4.79 Å². The second-order valence-corrected chi connectivity index (χ2v) is 7.51. The first kappa shape index (κ1) is 22.3. The molecule has 1 atom stereocenters. The predicted octanol–water partition coefficient (Wildman–Crippen LogP) is 4.68. The number of methoxy groups -OCH3 is 2. The highest BCUT2D eigenvalue weighted by atomic mass is 16.5. The molecule has 2 aromatic carbocycles. The lowest BCUT2D eigenvalue weighted by Gasteiger charge is -2.29. The molecule has 164 valence electrons. The second-order valence-electron chi connectivity index (χ2n) is 7.51. The van der Waals surface area contributed by atoms with E-state index in [2.05, 4.69) is 10.1 Å². The van der Waals surface area contributed by atoms with Crippen LogP contribution in [-0.2, 0) is 11.3 Å². The number of nitrogens with zero attached hydrogens (tertiary/aromatic N) is 3. The maximum atomic E-state index is 13.4. The maximum Gasteiger partial charge on any atom is 0.246 e. The highest BCUT2D eigenvalue weighted by Crippen LogP contribution is 2.31. The van der Waals surface area contributed by atoms with Gasteiger partial charge in [-0.05, 0) is 44.0 Å². The van der Waals surface area contributed by atoms with Gasteiger partial charge in [0.25, 0.3) is 0 Å². The summed E-state index contributed by atoms with van der Waals surface area (Å²) in [5.74, 6) is 1.86. The summed E-state index contributed by atoms with van der Waals surface area (Å²) in [6.07, 6.45) is 0.715. The largest absolute Gasteiger partial charge is 0.493 e. The molecule has 0 N–H and O–H groups in total. The van der Waals surface area contributed by atoms with Crippen molar-refractivity contribution >= 4 is 5.91 Å². The highest BCUT2D eigenvalue weighted by Gasteiger charge is 2.28. The number of hydrogen-bond donors (Lipinski definition) is 0. The Morgan fingerprint density at radius 3 is 2.39 bits per heavy atom. The van der Waals surface area contributed by atoms with E-state index in [4.69, 9.17) is 14.0 Å². The van der Waals surface area contributed by atoms with E-state index >= 15 is 0 Å². The fraction of sp³-hybridized carbons (Fsp3) is 0.375. The first-order valence-electron chi connectivity index (χ1n) is 10.4. The van der Waals surface area contributed by atoms with Gasteiger partial charge in [-0.1, -0.05) is 42.4 Å². The average molecular weight is 424 g/mol. The van der Waals surface area contributed by atoms with Gasteiger partial charge in [0.15, 0.2) is 11.5 Å². The van der Waals surface area contributed by atoms with Gasteiger partial charge in [0.2, 0.25) is 17.6 Å². The summed E-state index contributed by atoms with van der Waals surface area (Å²) in [4.78, 5) is 19.6. The number of amides is 1. The molecule has 0 saturated carbocycles. The first-order valence-corrected chi connectivity index (χ1v) is 10.4. The number of aromatic nitrogens is 2. The summed E-state index contributed by atoms with van der Waals surface area (Å²) in [5, 5.41) is 4.09. The molecule has 7 nitrogen and oxygen atoms in total. The van der Waals surface area contributed by atoms with E-state index in [-0.39, 0.29) is 24.4 Å². The van der Waals surface area contributed by atoms with Crippen molar-refractivity contribution in [3.05, 3.63) is 60.0 Å². The fourth-order valence-corrected chi connectivity index (χ4v) is 3.51. The standard InChI is InChI=1S/C24H29N3O4/c1-6-19(17-10-8-7-9-11-17)24(28)27(16(2)3)15-22-25-23(26-31-22)18-12-13-20(29-4)21(14-18)30-5/h7-14,16,19H,6,15H2,1-5H3. The zero-order valence-electron chi connectivity index (χ0n) is 18.7. The Hall–Kier alpha value is -3.35. The molecule has 3 aromatic rings. The number of ether oxygens (including phenoxy) is 2. The minimum absolute atomic E-state index is 0.0123. The highest BCUT2D eigenvalue weighted by molar-refractivity contribution is 5.83. The van der Waals surface area contributed by atoms with Crippen molar-refractivity contribution in [1.29, 1.82) is 0 Å². The van der Waals surface area contributed by atoms with Crippen LogP contribution in [0.25, 0.3) is 11.4 Å². The molecule has 3 rings (SSSR count). The van der Waals surface area contributed by atoms with Gasteiger partial charge >= 0.3 is 0 Å². The van der Waals surface area contributed by atoms with Gasteiger partial charge in [-0.15, -0.1) is 0 Å². The molecule has 0 spiro atoms. The average Bonchev–Trinajstić information content (AvgIpc) is 3.26. The van der Waals surface area contributed by atoms with Crippen LogP contribution in [0.1, 0.15) is 44.6 Å². The van der Waals surface area contributed by atoms with Crippen molar-refractivity contribution in [1.82, 2.24) is 15.0 Å². The van der Waals surface area contributed by atoms with Crippen LogP contribution in [-0.4, -0.2) is 41.2 Å². The molecule has 1 unspecified atom stereocenters. The minimum atomic E-state index is -0.211. The van der Waals surface area contributed by atoms with Crippen molar-refractivity contribution < 1.29 is 18.8 Å². The van der Waals surface area contributed by atoms with Gasteiger partial charge in [-0.2, -0.15) is 4.98 Å². The molecule has 0 aliphatic carbocycles. The van der Waals surface area contributed by atoms with Crippen LogP contribution in [0.3, 0.4) is 0 Å². The van der Waals surface area contributed by atoms with Crippen LogP contribution in [0.5, 0.6) is 11.5 Å². The van der Waals surface area contributed by atoms with Gasteiger partial charge in [0.05, 0.1) is 20.1 Å². The topological polar surface area (TPSA) is 77.7 Å². The molecule has 0 fully saturated rings. The zero-order valence-corrected chi connectivity index (χ0v) is 18.7. The molecular weight excluding hydrogens is 394 g/mol. The van der Waals surface area contributed by atoms with E-state index in [1.165, 1.54) is 0 Å². The van der Waals surface area contributed by atoms with Gasteiger partial charge in [-0.3, -0.25) is 4.79 Å². The molecule has 7 heteroatoms. The summed E-state index contributed by atoms with van der Waals surface area (Å²) < 4.78 is 16.1. The van der Waals surface area contributed by atoms with E-state index < -0.39 is 0 Å². The lowest BCUT2D eigenvalue weighted by atomic mass is 9.94. The minimum Gasteiger partial charge on any atom is -0.493 e. The number of hydrogen-bond acceptors (Lipinski definition) is 6. The lowest BCUT2D eigenvalue weighted by Crippen LogP contribution is -2.39. The maximum absolute atomic E-state index is 13.4. The van der Waals surface area contributed by atoms with Crippen molar-refractivity contribution in [2.24, 2.45) is 0 Å². The second kappa shape index (κ2) is 10.1. The Kier molecular flexibility index (Phi) is 7.28. The predicted molar refractivity (Wildman–Crippen MR) is 118 cm³/mol. The third-order valence-corrected chi connectivity index (χ3v) is 5.23. The van der Waals surface area contributed by atoms with Crippen LogP contribution >= 0.6 is 0 Å². The van der Waals surface area contributed by atoms with Crippen LogP contribution in [0.4, 0.5) is 0 Å². The third kappa shape index (κ3) is 5.05. The van der Waals surface area contributed by atoms with Crippen molar-refractivity contribution in [3.8, 4) is 22.9 Å². The molecule has 0 saturated heterocycles. The van der Waals surface area contributed by atoms with Gasteiger partial charge in [0, 0.05) is 11.6 Å². The molecule has 0 bridgehead atoms. The summed E-state index contributed by atoms with van der Waals surface area (Å²) in [5.41, 5.74) is 1.75. The zero-order chi connectivity index (χ0) is 22.4. The fourth-order valence-electron chi connectivity index (χ4n) is 3.51. The molecule has 31 heavy (non-hydrogen) atoms. The van der Waals surface area contributed by atoms with Crippen molar-refractivity contribution in [3.63, 3.8) is 0 Å². The van der Waals surface area contributed by atoms with E-state index in [0.29, 0.717) is 29.6 Å². The molecule has 1 heterocycles. The Balaban J connectivity index is 1.82. The number of benzene rings is 2. The molecule has 1 amide bonds. The lowest BCUT2D eigenvalue weighted by molar-refractivity contribution is -0.135. The number of carbonyl (C=O) groups is 1. The summed E-state index contributed by atoms with van der Waals surface area (Å²) >= 11 is 0. The van der Waals surface area contributed by atoms with Crippen LogP contribution in [0.2, 0.25) is 0 Å². The quantitative estimate of drug-likeness (QED) is 0.497. The Labute approximate surface area is 183 Å². The summed E-state index contributed by atoms with van der Waals surface area (Å²) in [6.45, 7) is 6.25. The molecule has 0 aliphatic rings. The number of carbonyl (C=O) groups excluding carboxylic acids is 1. The summed E-state index contributed by atoms with van der Waals surface area (Å²) in [6, 6.07) is 15.3. The van der Waals surface area contributed by atoms with Crippen molar-refractivity contribution in [2.45, 2.75) is 45.7 Å². The SMILES string of the molecule is CCC(C(=O)N(Cc1nc(-c2ccc(OC)c(OC)c2)no1)C(C)C)c1ccccc1. The van der Waals surface area contributed by atoms with Gasteiger partial charge in [0.1, 0.15) is 6.54 Å². The molecular formula is C24H29N3O4. The van der Waals surface area contributed by atoms with Crippen LogP contribution < -0.4 is 9.47 Å². The Morgan fingerprint density at radius 1 is 1.06 bits per heavy atom. The normalized spacial score (nSPS) is 11.9. The Bertz CT molecular complexity index is 1000. The number of rotatable bonds is 9. The first-order chi connectivity index (χ1) is 15.0. The van der Waals surface area contributed by atoms with Crippen LogP contribution in [0, 0.1) is 0 Å². The van der Waals surface area contributed by atoms with E-state index in [0.717, 1.165) is 11.1 Å². The smallest absolute Gasteiger partial charge is 0.246 e. The molecule has 0 radical (unpaired) electrons. The van der Waals surface area contributed by atoms with E-state index in [1.807, 2.05) is 57.2 Å². The molecule has 1 aromatic heterocycles. The summed E-state index contributed by atoms with van der Waals surface area (Å²) in [7, 11) is 3.16. The third-order valence-electron chi connectivity index (χ3n) is 5.23. The molecule has 0 aliphatic heterocycles. The van der Waals surface area contributed by atoms with E-state index in [1.54, 1.807) is 31.3 Å². The van der Waals surface area contributed by atoms with Crippen molar-refractivity contribution in [2.75, 3.05) is 14.2 Å². The van der Waals surface area contributed by atoms with Gasteiger partial charge in [-0.25, -0.2) is 0 Å². The van der Waals surface area contributed by atoms with Gasteiger partial charge < -0.3 is 18.9 Å². The monoisotopic (exact) mass is 423 g/mol.